The molecule has 1 aromatic heterocycles. The van der Waals surface area contributed by atoms with E-state index in [9.17, 15) is 4.79 Å². The Labute approximate surface area is 124 Å². The molecule has 4 nitrogen and oxygen atoms in total. The van der Waals surface area contributed by atoms with E-state index in [0.29, 0.717) is 0 Å². The predicted octanol–water partition coefficient (Wildman–Crippen LogP) is 2.75. The second-order valence-corrected chi connectivity index (χ2v) is 5.68. The Balaban J connectivity index is 1.94. The molecule has 0 amide bonds. The number of hydrogen-bond acceptors (Lipinski definition) is 2. The molecule has 0 fully saturated rings. The molecule has 3 rings (SSSR count). The van der Waals surface area contributed by atoms with Crippen LogP contribution >= 0.6 is 0 Å². The van der Waals surface area contributed by atoms with Crippen LogP contribution in [0.5, 0.6) is 0 Å². The molecule has 0 aliphatic heterocycles. The number of carboxylic acids is 1. The summed E-state index contributed by atoms with van der Waals surface area (Å²) in [6.45, 7) is 2.76. The standard InChI is InChI=1S/C17H20N2O2/c1-12-18-15-8-4-5-9-16(15)19(12)11-14-7-3-2-6-13(14)10-17(20)21/h2-3,6-7H,4-5,8-11H2,1H3,(H,20,21). The number of fused-ring (bicyclic) bond motifs is 1. The summed E-state index contributed by atoms with van der Waals surface area (Å²) in [5.41, 5.74) is 4.54. The van der Waals surface area contributed by atoms with Crippen LogP contribution in [-0.2, 0) is 30.6 Å². The van der Waals surface area contributed by atoms with E-state index in [1.807, 2.05) is 31.2 Å². The molecule has 0 spiro atoms. The molecule has 4 heteroatoms. The van der Waals surface area contributed by atoms with Crippen LogP contribution in [0.2, 0.25) is 0 Å². The number of rotatable bonds is 4. The highest BCUT2D eigenvalue weighted by molar-refractivity contribution is 5.70. The van der Waals surface area contributed by atoms with Crippen LogP contribution in [0.3, 0.4) is 0 Å². The molecule has 21 heavy (non-hydrogen) atoms. The van der Waals surface area contributed by atoms with Crippen molar-refractivity contribution in [3.8, 4) is 0 Å². The number of imidazole rings is 1. The molecule has 0 radical (unpaired) electrons. The normalized spacial score (nSPS) is 14.0. The summed E-state index contributed by atoms with van der Waals surface area (Å²) < 4.78 is 2.26. The number of aryl methyl sites for hydroxylation is 2. The Morgan fingerprint density at radius 2 is 1.95 bits per heavy atom. The molecule has 1 aromatic carbocycles. The molecule has 0 saturated carbocycles. The number of aliphatic carboxylic acids is 1. The minimum Gasteiger partial charge on any atom is -0.481 e. The second-order valence-electron chi connectivity index (χ2n) is 5.68. The minimum absolute atomic E-state index is 0.0755. The third-order valence-corrected chi connectivity index (χ3v) is 4.21. The lowest BCUT2D eigenvalue weighted by Gasteiger charge is -2.16. The average molecular weight is 284 g/mol. The van der Waals surface area contributed by atoms with E-state index >= 15 is 0 Å². The largest absolute Gasteiger partial charge is 0.481 e. The third-order valence-electron chi connectivity index (χ3n) is 4.21. The van der Waals surface area contributed by atoms with Gasteiger partial charge in [0.2, 0.25) is 0 Å². The van der Waals surface area contributed by atoms with Gasteiger partial charge in [0.05, 0.1) is 12.1 Å². The van der Waals surface area contributed by atoms with Crippen LogP contribution in [0.25, 0.3) is 0 Å². The van der Waals surface area contributed by atoms with Gasteiger partial charge in [-0.3, -0.25) is 4.79 Å². The average Bonchev–Trinajstić information content (AvgIpc) is 2.77. The first-order chi connectivity index (χ1) is 10.1. The molecule has 0 atom stereocenters. The zero-order chi connectivity index (χ0) is 14.8. The summed E-state index contributed by atoms with van der Waals surface area (Å²) in [5.74, 6) is 0.249. The Morgan fingerprint density at radius 1 is 1.24 bits per heavy atom. The van der Waals surface area contributed by atoms with E-state index in [4.69, 9.17) is 5.11 Å². The summed E-state index contributed by atoms with van der Waals surface area (Å²) in [4.78, 5) is 15.7. The van der Waals surface area contributed by atoms with Gasteiger partial charge in [0.15, 0.2) is 0 Å². The lowest BCUT2D eigenvalue weighted by Crippen LogP contribution is -2.12. The summed E-state index contributed by atoms with van der Waals surface area (Å²) in [6.07, 6.45) is 4.66. The summed E-state index contributed by atoms with van der Waals surface area (Å²) >= 11 is 0. The number of aromatic nitrogens is 2. The second kappa shape index (κ2) is 5.72. The molecule has 1 aliphatic carbocycles. The Hall–Kier alpha value is -2.10. The van der Waals surface area contributed by atoms with Crippen molar-refractivity contribution in [2.45, 2.75) is 45.6 Å². The van der Waals surface area contributed by atoms with Crippen LogP contribution in [0.4, 0.5) is 0 Å². The smallest absolute Gasteiger partial charge is 0.307 e. The van der Waals surface area contributed by atoms with Crippen LogP contribution < -0.4 is 0 Å². The van der Waals surface area contributed by atoms with Gasteiger partial charge in [-0.25, -0.2) is 4.98 Å². The highest BCUT2D eigenvalue weighted by Gasteiger charge is 2.18. The number of carbonyl (C=O) groups is 1. The number of hydrogen-bond donors (Lipinski definition) is 1. The Morgan fingerprint density at radius 3 is 2.71 bits per heavy atom. The fourth-order valence-corrected chi connectivity index (χ4v) is 3.16. The van der Waals surface area contributed by atoms with Crippen LogP contribution in [-0.4, -0.2) is 20.6 Å². The molecule has 2 aromatic rings. The van der Waals surface area contributed by atoms with Crippen molar-refractivity contribution >= 4 is 5.97 Å². The summed E-state index contributed by atoms with van der Waals surface area (Å²) in [6, 6.07) is 7.80. The summed E-state index contributed by atoms with van der Waals surface area (Å²) in [5, 5.41) is 9.04. The van der Waals surface area contributed by atoms with Crippen molar-refractivity contribution in [2.24, 2.45) is 0 Å². The number of nitrogens with zero attached hydrogens (tertiary/aromatic N) is 2. The molecule has 0 unspecified atom stereocenters. The highest BCUT2D eigenvalue weighted by Crippen LogP contribution is 2.23. The molecular weight excluding hydrogens is 264 g/mol. The fourth-order valence-electron chi connectivity index (χ4n) is 3.16. The quantitative estimate of drug-likeness (QED) is 0.939. The van der Waals surface area contributed by atoms with Gasteiger partial charge in [-0.15, -0.1) is 0 Å². The van der Waals surface area contributed by atoms with Gasteiger partial charge in [0.25, 0.3) is 0 Å². The maximum absolute atomic E-state index is 11.0. The van der Waals surface area contributed by atoms with Gasteiger partial charge in [0.1, 0.15) is 5.82 Å². The third kappa shape index (κ3) is 2.84. The first kappa shape index (κ1) is 13.9. The molecular formula is C17H20N2O2. The molecule has 110 valence electrons. The van der Waals surface area contributed by atoms with E-state index in [-0.39, 0.29) is 6.42 Å². The van der Waals surface area contributed by atoms with Crippen molar-refractivity contribution < 1.29 is 9.90 Å². The van der Waals surface area contributed by atoms with Crippen molar-refractivity contribution in [1.82, 2.24) is 9.55 Å². The predicted molar refractivity (Wildman–Crippen MR) is 80.5 cm³/mol. The van der Waals surface area contributed by atoms with Gasteiger partial charge in [-0.05, 0) is 43.7 Å². The molecule has 0 bridgehead atoms. The van der Waals surface area contributed by atoms with Crippen molar-refractivity contribution in [1.29, 1.82) is 0 Å². The van der Waals surface area contributed by atoms with Crippen LogP contribution in [0.1, 0.15) is 41.2 Å². The SMILES string of the molecule is Cc1nc2c(n1Cc1ccccc1CC(=O)O)CCCC2. The maximum Gasteiger partial charge on any atom is 0.307 e. The van der Waals surface area contributed by atoms with Gasteiger partial charge >= 0.3 is 5.97 Å². The van der Waals surface area contributed by atoms with Crippen LogP contribution in [0.15, 0.2) is 24.3 Å². The van der Waals surface area contributed by atoms with Crippen LogP contribution in [0, 0.1) is 6.92 Å². The maximum atomic E-state index is 11.0. The van der Waals surface area contributed by atoms with Crippen molar-refractivity contribution in [2.75, 3.05) is 0 Å². The monoisotopic (exact) mass is 284 g/mol. The van der Waals surface area contributed by atoms with E-state index in [1.165, 1.54) is 24.2 Å². The van der Waals surface area contributed by atoms with E-state index in [2.05, 4.69) is 9.55 Å². The van der Waals surface area contributed by atoms with Gasteiger partial charge in [-0.1, -0.05) is 24.3 Å². The highest BCUT2D eigenvalue weighted by atomic mass is 16.4. The zero-order valence-electron chi connectivity index (χ0n) is 12.3. The van der Waals surface area contributed by atoms with Gasteiger partial charge < -0.3 is 9.67 Å². The van der Waals surface area contributed by atoms with E-state index in [1.54, 1.807) is 0 Å². The Bertz CT molecular complexity index is 673. The zero-order valence-corrected chi connectivity index (χ0v) is 12.3. The fraction of sp³-hybridized carbons (Fsp3) is 0.412. The number of carboxylic acid groups (broad SMARTS) is 1. The first-order valence-electron chi connectivity index (χ1n) is 7.48. The topological polar surface area (TPSA) is 55.1 Å². The Kier molecular flexibility index (Phi) is 3.78. The summed E-state index contributed by atoms with van der Waals surface area (Å²) in [7, 11) is 0. The van der Waals surface area contributed by atoms with E-state index in [0.717, 1.165) is 36.3 Å². The first-order valence-corrected chi connectivity index (χ1v) is 7.48. The van der Waals surface area contributed by atoms with Gasteiger partial charge in [0, 0.05) is 12.2 Å². The van der Waals surface area contributed by atoms with Crippen molar-refractivity contribution in [3.05, 3.63) is 52.6 Å². The molecule has 0 saturated heterocycles. The minimum atomic E-state index is -0.785. The van der Waals surface area contributed by atoms with E-state index < -0.39 is 5.97 Å². The molecule has 1 aliphatic rings. The van der Waals surface area contributed by atoms with Crippen molar-refractivity contribution in [3.63, 3.8) is 0 Å². The molecule has 1 N–H and O–H groups in total. The lowest BCUT2D eigenvalue weighted by atomic mass is 10.0. The van der Waals surface area contributed by atoms with Gasteiger partial charge in [-0.2, -0.15) is 0 Å². The molecule has 1 heterocycles. The number of benzene rings is 1. The lowest BCUT2D eigenvalue weighted by molar-refractivity contribution is -0.136.